The number of carbonyl (C=O) groups is 2. The Labute approximate surface area is 161 Å². The quantitative estimate of drug-likeness (QED) is 0.750. The van der Waals surface area contributed by atoms with E-state index in [-0.39, 0.29) is 12.0 Å². The van der Waals surface area contributed by atoms with Gasteiger partial charge in [-0.25, -0.2) is 9.59 Å². The van der Waals surface area contributed by atoms with Gasteiger partial charge in [0.25, 0.3) is 5.91 Å². The Morgan fingerprint density at radius 2 is 1.89 bits per heavy atom. The number of amides is 2. The Hall–Kier alpha value is -3.03. The highest BCUT2D eigenvalue weighted by Crippen LogP contribution is 2.32. The first kappa shape index (κ1) is 18.3. The summed E-state index contributed by atoms with van der Waals surface area (Å²) in [4.78, 5) is 39.1. The molecule has 0 radical (unpaired) electrons. The predicted octanol–water partition coefficient (Wildman–Crippen LogP) is 2.00. The van der Waals surface area contributed by atoms with E-state index in [2.05, 4.69) is 0 Å². The van der Waals surface area contributed by atoms with Crippen molar-refractivity contribution in [1.29, 1.82) is 0 Å². The van der Waals surface area contributed by atoms with Gasteiger partial charge in [0.1, 0.15) is 16.9 Å². The summed E-state index contributed by atoms with van der Waals surface area (Å²) in [5.41, 5.74) is -0.506. The lowest BCUT2D eigenvalue weighted by molar-refractivity contribution is -0.141. The third-order valence-electron chi connectivity index (χ3n) is 5.38. The fraction of sp³-hybridized carbons (Fsp3) is 0.450. The van der Waals surface area contributed by atoms with Gasteiger partial charge in [-0.05, 0) is 25.1 Å². The molecule has 0 saturated carbocycles. The summed E-state index contributed by atoms with van der Waals surface area (Å²) < 4.78 is 16.5. The third kappa shape index (κ3) is 3.42. The van der Waals surface area contributed by atoms with Crippen LogP contribution in [0.3, 0.4) is 0 Å². The van der Waals surface area contributed by atoms with E-state index < -0.39 is 17.3 Å². The molecule has 8 heteroatoms. The fourth-order valence-electron chi connectivity index (χ4n) is 3.81. The van der Waals surface area contributed by atoms with Crippen LogP contribution in [0.15, 0.2) is 39.5 Å². The Bertz CT molecular complexity index is 976. The van der Waals surface area contributed by atoms with E-state index in [1.54, 1.807) is 48.0 Å². The number of nitrogens with zero attached hydrogens (tertiary/aromatic N) is 2. The van der Waals surface area contributed by atoms with Crippen LogP contribution in [0.4, 0.5) is 4.79 Å². The van der Waals surface area contributed by atoms with Gasteiger partial charge in [-0.2, -0.15) is 0 Å². The van der Waals surface area contributed by atoms with Gasteiger partial charge in [-0.1, -0.05) is 0 Å². The van der Waals surface area contributed by atoms with Crippen molar-refractivity contribution in [3.05, 3.63) is 40.8 Å². The molecule has 0 N–H and O–H groups in total. The molecule has 0 bridgehead atoms. The normalized spacial score (nSPS) is 19.7. The second-order valence-corrected chi connectivity index (χ2v) is 7.45. The van der Waals surface area contributed by atoms with Crippen LogP contribution >= 0.6 is 0 Å². The van der Waals surface area contributed by atoms with E-state index in [9.17, 15) is 14.4 Å². The Kier molecular flexibility index (Phi) is 4.49. The Morgan fingerprint density at radius 1 is 1.18 bits per heavy atom. The fourth-order valence-corrected chi connectivity index (χ4v) is 3.81. The molecule has 2 aliphatic heterocycles. The molecule has 28 heavy (non-hydrogen) atoms. The number of piperidine rings is 1. The molecule has 8 nitrogen and oxygen atoms in total. The van der Waals surface area contributed by atoms with Crippen molar-refractivity contribution in [2.24, 2.45) is 0 Å². The molecule has 1 aromatic heterocycles. The maximum absolute atomic E-state index is 12.8. The van der Waals surface area contributed by atoms with Crippen molar-refractivity contribution in [3.8, 4) is 5.75 Å². The largest absolute Gasteiger partial charge is 0.481 e. The van der Waals surface area contributed by atoms with Crippen molar-refractivity contribution in [2.45, 2.75) is 31.5 Å². The number of ether oxygens (including phenoxy) is 2. The van der Waals surface area contributed by atoms with Crippen molar-refractivity contribution in [2.75, 3.05) is 26.7 Å². The average Bonchev–Trinajstić information content (AvgIpc) is 2.94. The number of fused-ring (bicyclic) bond motifs is 1. The van der Waals surface area contributed by atoms with Crippen LogP contribution < -0.4 is 10.4 Å². The van der Waals surface area contributed by atoms with Crippen molar-refractivity contribution >= 4 is 23.0 Å². The van der Waals surface area contributed by atoms with Gasteiger partial charge in [-0.3, -0.25) is 4.79 Å². The highest BCUT2D eigenvalue weighted by Gasteiger charge is 2.46. The summed E-state index contributed by atoms with van der Waals surface area (Å²) in [6.07, 6.45) is 0.237. The number of hydrogen-bond acceptors (Lipinski definition) is 6. The van der Waals surface area contributed by atoms with Crippen LogP contribution in [-0.4, -0.2) is 60.2 Å². The van der Waals surface area contributed by atoms with Gasteiger partial charge in [0.2, 0.25) is 0 Å². The second-order valence-electron chi connectivity index (χ2n) is 7.45. The number of rotatable bonds is 3. The molecule has 4 rings (SSSR count). The van der Waals surface area contributed by atoms with Crippen LogP contribution in [0.25, 0.3) is 11.0 Å². The highest BCUT2D eigenvalue weighted by molar-refractivity contribution is 5.82. The molecule has 3 heterocycles. The van der Waals surface area contributed by atoms with Crippen molar-refractivity contribution in [1.82, 2.24) is 9.80 Å². The number of hydrogen-bond donors (Lipinski definition) is 0. The first-order chi connectivity index (χ1) is 13.3. The van der Waals surface area contributed by atoms with Crippen LogP contribution in [0.5, 0.6) is 5.75 Å². The summed E-state index contributed by atoms with van der Waals surface area (Å²) in [6, 6.07) is 8.17. The highest BCUT2D eigenvalue weighted by atomic mass is 16.6. The topological polar surface area (TPSA) is 89.3 Å². The molecular formula is C20H22N2O6. The lowest BCUT2D eigenvalue weighted by atomic mass is 9.91. The van der Waals surface area contributed by atoms with Crippen LogP contribution in [0.2, 0.25) is 0 Å². The minimum absolute atomic E-state index is 0.123. The first-order valence-electron chi connectivity index (χ1n) is 9.29. The molecule has 148 valence electrons. The third-order valence-corrected chi connectivity index (χ3v) is 5.38. The van der Waals surface area contributed by atoms with Gasteiger partial charge >= 0.3 is 11.7 Å². The number of likely N-dealkylation sites (tertiary alicyclic amines) is 1. The molecular weight excluding hydrogens is 364 g/mol. The smallest absolute Gasteiger partial charge is 0.410 e. The first-order valence-corrected chi connectivity index (χ1v) is 9.29. The van der Waals surface area contributed by atoms with Gasteiger partial charge in [-0.15, -0.1) is 0 Å². The monoisotopic (exact) mass is 386 g/mol. The van der Waals surface area contributed by atoms with Crippen molar-refractivity contribution < 1.29 is 23.5 Å². The number of carbonyl (C=O) groups excluding carboxylic acids is 2. The number of likely N-dealkylation sites (N-methyl/N-ethyl adjacent to an activating group) is 1. The lowest BCUT2D eigenvalue weighted by Crippen LogP contribution is -2.51. The SMILES string of the molecule is CC(Oc1ccc2ccc(=O)oc2c1)C(=O)N1CCC2(CC1)CN(C)C(=O)O2. The van der Waals surface area contributed by atoms with E-state index in [1.807, 2.05) is 0 Å². The zero-order valence-corrected chi connectivity index (χ0v) is 15.8. The average molecular weight is 386 g/mol. The minimum Gasteiger partial charge on any atom is -0.481 e. The molecule has 2 fully saturated rings. The minimum atomic E-state index is -0.685. The van der Waals surface area contributed by atoms with E-state index in [1.165, 1.54) is 6.07 Å². The molecule has 1 atom stereocenters. The van der Waals surface area contributed by atoms with Crippen LogP contribution in [0.1, 0.15) is 19.8 Å². The summed E-state index contributed by atoms with van der Waals surface area (Å²) in [6.45, 7) is 3.28. The molecule has 2 amide bonds. The standard InChI is InChI=1S/C20H22N2O6/c1-13(26-15-5-3-14-4-6-17(23)27-16(14)11-15)18(24)22-9-7-20(8-10-22)12-21(2)19(25)28-20/h3-6,11,13H,7-10,12H2,1-2H3. The maximum atomic E-state index is 12.8. The molecule has 2 aliphatic rings. The zero-order chi connectivity index (χ0) is 19.9. The molecule has 2 aromatic rings. The zero-order valence-electron chi connectivity index (χ0n) is 15.8. The molecule has 1 unspecified atom stereocenters. The molecule has 2 saturated heterocycles. The molecule has 1 aromatic carbocycles. The van der Waals surface area contributed by atoms with Crippen molar-refractivity contribution in [3.63, 3.8) is 0 Å². The van der Waals surface area contributed by atoms with E-state index in [0.717, 1.165) is 5.39 Å². The Morgan fingerprint density at radius 3 is 2.57 bits per heavy atom. The summed E-state index contributed by atoms with van der Waals surface area (Å²) in [7, 11) is 1.72. The summed E-state index contributed by atoms with van der Waals surface area (Å²) in [5, 5.41) is 0.781. The summed E-state index contributed by atoms with van der Waals surface area (Å²) in [5.74, 6) is 0.338. The maximum Gasteiger partial charge on any atom is 0.410 e. The second kappa shape index (κ2) is 6.85. The molecule has 1 spiro atoms. The Balaban J connectivity index is 1.39. The van der Waals surface area contributed by atoms with Crippen LogP contribution in [0, 0.1) is 0 Å². The van der Waals surface area contributed by atoms with E-state index >= 15 is 0 Å². The van der Waals surface area contributed by atoms with E-state index in [0.29, 0.717) is 43.8 Å². The predicted molar refractivity (Wildman–Crippen MR) is 100 cm³/mol. The van der Waals surface area contributed by atoms with Gasteiger partial charge in [0, 0.05) is 50.5 Å². The summed E-state index contributed by atoms with van der Waals surface area (Å²) >= 11 is 0. The molecule has 0 aliphatic carbocycles. The van der Waals surface area contributed by atoms with Crippen LogP contribution in [-0.2, 0) is 9.53 Å². The lowest BCUT2D eigenvalue weighted by Gasteiger charge is -2.38. The van der Waals surface area contributed by atoms with E-state index in [4.69, 9.17) is 13.9 Å². The van der Waals surface area contributed by atoms with Gasteiger partial charge in [0.05, 0.1) is 6.54 Å². The van der Waals surface area contributed by atoms with Gasteiger partial charge in [0.15, 0.2) is 6.10 Å². The van der Waals surface area contributed by atoms with Gasteiger partial charge < -0.3 is 23.7 Å². The number of benzene rings is 1.